The summed E-state index contributed by atoms with van der Waals surface area (Å²) in [5.74, 6) is -0.834. The molecule has 1 fully saturated rings. The van der Waals surface area contributed by atoms with Crippen molar-refractivity contribution < 1.29 is 9.90 Å². The van der Waals surface area contributed by atoms with Crippen molar-refractivity contribution in [1.82, 2.24) is 9.80 Å². The lowest BCUT2D eigenvalue weighted by Gasteiger charge is -2.42. The summed E-state index contributed by atoms with van der Waals surface area (Å²) in [5.41, 5.74) is -0.288. The molecular formula is C14H19ClN2O2. The third kappa shape index (κ3) is 2.76. The van der Waals surface area contributed by atoms with Crippen molar-refractivity contribution in [2.45, 2.75) is 12.5 Å². The molecule has 1 atom stereocenters. The van der Waals surface area contributed by atoms with E-state index in [4.69, 9.17) is 11.6 Å². The smallest absolute Gasteiger partial charge is 0.328 e. The van der Waals surface area contributed by atoms with Gasteiger partial charge in [-0.3, -0.25) is 4.90 Å². The summed E-state index contributed by atoms with van der Waals surface area (Å²) >= 11 is 6.00. The Morgan fingerprint density at radius 2 is 1.95 bits per heavy atom. The summed E-state index contributed by atoms with van der Waals surface area (Å²) in [7, 11) is 2.05. The van der Waals surface area contributed by atoms with Gasteiger partial charge in [-0.2, -0.15) is 0 Å². The molecular weight excluding hydrogens is 264 g/mol. The summed E-state index contributed by atoms with van der Waals surface area (Å²) < 4.78 is 0. The number of likely N-dealkylation sites (N-methyl/N-ethyl adjacent to an activating group) is 1. The van der Waals surface area contributed by atoms with Crippen LogP contribution in [0.5, 0.6) is 0 Å². The van der Waals surface area contributed by atoms with Crippen molar-refractivity contribution in [3.8, 4) is 0 Å². The summed E-state index contributed by atoms with van der Waals surface area (Å²) in [5, 5.41) is 10.3. The van der Waals surface area contributed by atoms with Crippen molar-refractivity contribution in [1.29, 1.82) is 0 Å². The van der Waals surface area contributed by atoms with Crippen LogP contribution in [0.25, 0.3) is 0 Å². The molecule has 1 aromatic carbocycles. The summed E-state index contributed by atoms with van der Waals surface area (Å²) in [6, 6.07) is 7.14. The quantitative estimate of drug-likeness (QED) is 0.919. The minimum atomic E-state index is -1.02. The second-order valence-electron chi connectivity index (χ2n) is 5.18. The van der Waals surface area contributed by atoms with Gasteiger partial charge in [0, 0.05) is 31.2 Å². The number of nitrogens with zero attached hydrogens (tertiary/aromatic N) is 2. The van der Waals surface area contributed by atoms with Gasteiger partial charge in [0.15, 0.2) is 0 Å². The lowest BCUT2D eigenvalue weighted by molar-refractivity contribution is -0.152. The van der Waals surface area contributed by atoms with Gasteiger partial charge < -0.3 is 10.0 Å². The molecule has 1 unspecified atom stereocenters. The van der Waals surface area contributed by atoms with Gasteiger partial charge in [-0.1, -0.05) is 23.7 Å². The van der Waals surface area contributed by atoms with Crippen LogP contribution in [0.1, 0.15) is 12.5 Å². The fourth-order valence-electron chi connectivity index (χ4n) is 2.49. The average molecular weight is 283 g/mol. The molecule has 0 amide bonds. The number of halogens is 1. The van der Waals surface area contributed by atoms with Gasteiger partial charge in [0.05, 0.1) is 0 Å². The molecule has 0 aromatic heterocycles. The lowest BCUT2D eigenvalue weighted by atomic mass is 9.89. The van der Waals surface area contributed by atoms with Gasteiger partial charge in [-0.15, -0.1) is 0 Å². The Labute approximate surface area is 118 Å². The standard InChI is InChI=1S/C14H19ClN2O2/c1-14(13(18)19,11-4-3-5-12(15)10-11)17-8-6-16(2)7-9-17/h3-5,10H,6-9H2,1-2H3,(H,18,19). The van der Waals surface area contributed by atoms with Crippen molar-refractivity contribution in [2.75, 3.05) is 33.2 Å². The third-order valence-electron chi connectivity index (χ3n) is 3.94. The number of hydrogen-bond acceptors (Lipinski definition) is 3. The maximum Gasteiger partial charge on any atom is 0.328 e. The van der Waals surface area contributed by atoms with Crippen molar-refractivity contribution in [3.05, 3.63) is 34.9 Å². The number of rotatable bonds is 3. The molecule has 1 N–H and O–H groups in total. The van der Waals surface area contributed by atoms with Crippen LogP contribution in [-0.2, 0) is 10.3 Å². The Balaban J connectivity index is 2.35. The fraction of sp³-hybridized carbons (Fsp3) is 0.500. The number of carboxylic acid groups (broad SMARTS) is 1. The first-order chi connectivity index (χ1) is 8.94. The summed E-state index contributed by atoms with van der Waals surface area (Å²) in [4.78, 5) is 16.0. The van der Waals surface area contributed by atoms with Gasteiger partial charge in [0.1, 0.15) is 5.54 Å². The van der Waals surface area contributed by atoms with Gasteiger partial charge in [0.2, 0.25) is 0 Å². The Morgan fingerprint density at radius 3 is 2.47 bits per heavy atom. The molecule has 0 aliphatic carbocycles. The molecule has 5 heteroatoms. The Kier molecular flexibility index (Phi) is 4.13. The van der Waals surface area contributed by atoms with E-state index in [1.807, 2.05) is 11.0 Å². The number of benzene rings is 1. The van der Waals surface area contributed by atoms with Crippen LogP contribution in [0.2, 0.25) is 5.02 Å². The fourth-order valence-corrected chi connectivity index (χ4v) is 2.68. The number of hydrogen-bond donors (Lipinski definition) is 1. The first-order valence-electron chi connectivity index (χ1n) is 6.37. The normalized spacial score (nSPS) is 21.0. The minimum absolute atomic E-state index is 0.569. The maximum absolute atomic E-state index is 11.8. The van der Waals surface area contributed by atoms with E-state index in [1.54, 1.807) is 25.1 Å². The van der Waals surface area contributed by atoms with Crippen molar-refractivity contribution in [3.63, 3.8) is 0 Å². The highest BCUT2D eigenvalue weighted by Crippen LogP contribution is 2.31. The second kappa shape index (κ2) is 5.49. The number of aliphatic carboxylic acids is 1. The maximum atomic E-state index is 11.8. The zero-order valence-electron chi connectivity index (χ0n) is 11.3. The molecule has 0 spiro atoms. The number of piperazine rings is 1. The van der Waals surface area contributed by atoms with Crippen LogP contribution in [0, 0.1) is 0 Å². The van der Waals surface area contributed by atoms with E-state index in [1.165, 1.54) is 0 Å². The van der Waals surface area contributed by atoms with E-state index in [2.05, 4.69) is 11.9 Å². The number of carbonyl (C=O) groups is 1. The molecule has 1 aliphatic heterocycles. The van der Waals surface area contributed by atoms with E-state index in [-0.39, 0.29) is 0 Å². The van der Waals surface area contributed by atoms with Crippen LogP contribution in [0.4, 0.5) is 0 Å². The topological polar surface area (TPSA) is 43.8 Å². The minimum Gasteiger partial charge on any atom is -0.480 e. The summed E-state index contributed by atoms with van der Waals surface area (Å²) in [6.07, 6.45) is 0. The van der Waals surface area contributed by atoms with Gasteiger partial charge in [-0.25, -0.2) is 4.79 Å². The Hall–Kier alpha value is -1.10. The molecule has 1 aliphatic rings. The van der Waals surface area contributed by atoms with Crippen LogP contribution < -0.4 is 0 Å². The second-order valence-corrected chi connectivity index (χ2v) is 5.61. The predicted molar refractivity (Wildman–Crippen MR) is 75.5 cm³/mol. The van der Waals surface area contributed by atoms with Crippen molar-refractivity contribution >= 4 is 17.6 Å². The Morgan fingerprint density at radius 1 is 1.32 bits per heavy atom. The average Bonchev–Trinajstić information content (AvgIpc) is 2.38. The predicted octanol–water partition coefficient (Wildman–Crippen LogP) is 1.89. The summed E-state index contributed by atoms with van der Waals surface area (Å²) in [6.45, 7) is 5.00. The van der Waals surface area contributed by atoms with E-state index in [0.29, 0.717) is 5.02 Å². The van der Waals surface area contributed by atoms with E-state index >= 15 is 0 Å². The molecule has 1 saturated heterocycles. The third-order valence-corrected chi connectivity index (χ3v) is 4.17. The highest BCUT2D eigenvalue weighted by molar-refractivity contribution is 6.30. The monoisotopic (exact) mass is 282 g/mol. The molecule has 1 heterocycles. The van der Waals surface area contributed by atoms with E-state index < -0.39 is 11.5 Å². The van der Waals surface area contributed by atoms with Crippen LogP contribution in [0.3, 0.4) is 0 Å². The SMILES string of the molecule is CN1CCN(C(C)(C(=O)O)c2cccc(Cl)c2)CC1. The first kappa shape index (κ1) is 14.3. The highest BCUT2D eigenvalue weighted by Gasteiger charge is 2.42. The zero-order valence-corrected chi connectivity index (χ0v) is 12.0. The molecule has 0 saturated carbocycles. The number of carboxylic acids is 1. The molecule has 4 nitrogen and oxygen atoms in total. The largest absolute Gasteiger partial charge is 0.480 e. The van der Waals surface area contributed by atoms with Crippen LogP contribution >= 0.6 is 11.6 Å². The molecule has 0 radical (unpaired) electrons. The van der Waals surface area contributed by atoms with Crippen LogP contribution in [-0.4, -0.2) is 54.1 Å². The van der Waals surface area contributed by atoms with E-state index in [0.717, 1.165) is 31.7 Å². The van der Waals surface area contributed by atoms with Gasteiger partial charge in [0.25, 0.3) is 0 Å². The first-order valence-corrected chi connectivity index (χ1v) is 6.75. The zero-order chi connectivity index (χ0) is 14.0. The molecule has 19 heavy (non-hydrogen) atoms. The lowest BCUT2D eigenvalue weighted by Crippen LogP contribution is -2.56. The van der Waals surface area contributed by atoms with E-state index in [9.17, 15) is 9.90 Å². The molecule has 2 rings (SSSR count). The van der Waals surface area contributed by atoms with Crippen LogP contribution in [0.15, 0.2) is 24.3 Å². The molecule has 104 valence electrons. The van der Waals surface area contributed by atoms with Gasteiger partial charge >= 0.3 is 5.97 Å². The van der Waals surface area contributed by atoms with Gasteiger partial charge in [-0.05, 0) is 31.7 Å². The van der Waals surface area contributed by atoms with Crippen molar-refractivity contribution in [2.24, 2.45) is 0 Å². The Bertz CT molecular complexity index is 472. The molecule has 1 aromatic rings. The molecule has 0 bridgehead atoms. The highest BCUT2D eigenvalue weighted by atomic mass is 35.5.